The van der Waals surface area contributed by atoms with E-state index in [9.17, 15) is 4.79 Å². The Hall–Kier alpha value is -1.72. The van der Waals surface area contributed by atoms with Gasteiger partial charge in [0.1, 0.15) is 0 Å². The molecule has 0 N–H and O–H groups in total. The third kappa shape index (κ3) is 4.10. The lowest BCUT2D eigenvalue weighted by molar-refractivity contribution is -0.133. The van der Waals surface area contributed by atoms with Crippen molar-refractivity contribution in [3.8, 4) is 0 Å². The number of amides is 1. The Morgan fingerprint density at radius 2 is 1.96 bits per heavy atom. The minimum atomic E-state index is 0.343. The number of carbonyl (C=O) groups excluding carboxylic acids is 1. The standard InChI is InChI=1S/C20H25N3OS/c24-20(23-10-7-17-3-1-2-4-18(17)13-23)11-16-5-8-22(9-6-16)14-19-12-21-15-25-19/h1-4,12,15-16H,5-11,13-14H2. The van der Waals surface area contributed by atoms with Crippen molar-refractivity contribution in [3.05, 3.63) is 52.0 Å². The number of fused-ring (bicyclic) bond motifs is 1. The molecule has 2 aliphatic heterocycles. The van der Waals surface area contributed by atoms with Gasteiger partial charge in [-0.2, -0.15) is 0 Å². The van der Waals surface area contributed by atoms with Crippen LogP contribution in [0.1, 0.15) is 35.3 Å². The summed E-state index contributed by atoms with van der Waals surface area (Å²) in [6.07, 6.45) is 5.95. The van der Waals surface area contributed by atoms with E-state index in [0.29, 0.717) is 11.8 Å². The van der Waals surface area contributed by atoms with Crippen LogP contribution < -0.4 is 0 Å². The minimum Gasteiger partial charge on any atom is -0.338 e. The normalized spacial score (nSPS) is 19.0. The van der Waals surface area contributed by atoms with Crippen molar-refractivity contribution in [1.82, 2.24) is 14.8 Å². The molecule has 1 aromatic heterocycles. The fraction of sp³-hybridized carbons (Fsp3) is 0.500. The van der Waals surface area contributed by atoms with E-state index in [-0.39, 0.29) is 0 Å². The van der Waals surface area contributed by atoms with Crippen molar-refractivity contribution >= 4 is 17.2 Å². The zero-order chi connectivity index (χ0) is 17.1. The molecule has 0 radical (unpaired) electrons. The lowest BCUT2D eigenvalue weighted by Gasteiger charge is -2.34. The Bertz CT molecular complexity index is 707. The van der Waals surface area contributed by atoms with Gasteiger partial charge in [0.15, 0.2) is 0 Å². The summed E-state index contributed by atoms with van der Waals surface area (Å²) in [7, 11) is 0. The summed E-state index contributed by atoms with van der Waals surface area (Å²) in [5, 5.41) is 0. The van der Waals surface area contributed by atoms with E-state index in [1.807, 2.05) is 11.7 Å². The van der Waals surface area contributed by atoms with Crippen molar-refractivity contribution in [3.63, 3.8) is 0 Å². The van der Waals surface area contributed by atoms with Crippen LogP contribution in [-0.2, 0) is 24.3 Å². The van der Waals surface area contributed by atoms with Crippen molar-refractivity contribution in [1.29, 1.82) is 0 Å². The number of rotatable bonds is 4. The molecule has 4 nitrogen and oxygen atoms in total. The molecular formula is C20H25N3OS. The number of nitrogens with zero attached hydrogens (tertiary/aromatic N) is 3. The molecule has 25 heavy (non-hydrogen) atoms. The van der Waals surface area contributed by atoms with E-state index < -0.39 is 0 Å². The number of hydrogen-bond donors (Lipinski definition) is 0. The number of aromatic nitrogens is 1. The second-order valence-corrected chi connectivity index (χ2v) is 8.20. The van der Waals surface area contributed by atoms with Gasteiger partial charge in [-0.25, -0.2) is 0 Å². The first kappa shape index (κ1) is 16.7. The number of likely N-dealkylation sites (tertiary alicyclic amines) is 1. The second kappa shape index (κ2) is 7.67. The largest absolute Gasteiger partial charge is 0.338 e. The van der Waals surface area contributed by atoms with Crippen molar-refractivity contribution in [2.45, 2.75) is 38.8 Å². The van der Waals surface area contributed by atoms with Crippen LogP contribution in [0.2, 0.25) is 0 Å². The maximum absolute atomic E-state index is 12.7. The number of carbonyl (C=O) groups is 1. The molecule has 1 amide bonds. The second-order valence-electron chi connectivity index (χ2n) is 7.23. The Morgan fingerprint density at radius 1 is 1.16 bits per heavy atom. The molecule has 132 valence electrons. The van der Waals surface area contributed by atoms with Gasteiger partial charge < -0.3 is 4.90 Å². The SMILES string of the molecule is O=C(CC1CCN(Cc2cncs2)CC1)N1CCc2ccccc2C1. The molecule has 1 saturated heterocycles. The van der Waals surface area contributed by atoms with Gasteiger partial charge in [-0.3, -0.25) is 14.7 Å². The molecule has 0 atom stereocenters. The van der Waals surface area contributed by atoms with Crippen molar-refractivity contribution in [2.24, 2.45) is 5.92 Å². The van der Waals surface area contributed by atoms with Crippen LogP contribution in [0.5, 0.6) is 0 Å². The molecule has 0 unspecified atom stereocenters. The van der Waals surface area contributed by atoms with E-state index in [4.69, 9.17) is 0 Å². The number of hydrogen-bond acceptors (Lipinski definition) is 4. The maximum atomic E-state index is 12.7. The average Bonchev–Trinajstić information content (AvgIpc) is 3.16. The molecule has 3 heterocycles. The van der Waals surface area contributed by atoms with E-state index in [2.05, 4.69) is 39.0 Å². The van der Waals surface area contributed by atoms with Crippen LogP contribution in [0.25, 0.3) is 0 Å². The van der Waals surface area contributed by atoms with E-state index in [0.717, 1.165) is 58.4 Å². The number of piperidine rings is 1. The van der Waals surface area contributed by atoms with Crippen LogP contribution in [0.15, 0.2) is 36.0 Å². The molecule has 1 fully saturated rings. The maximum Gasteiger partial charge on any atom is 0.223 e. The minimum absolute atomic E-state index is 0.343. The summed E-state index contributed by atoms with van der Waals surface area (Å²) in [5.41, 5.74) is 4.63. The Labute approximate surface area is 153 Å². The van der Waals surface area contributed by atoms with Crippen LogP contribution in [0, 0.1) is 5.92 Å². The fourth-order valence-corrected chi connectivity index (χ4v) is 4.61. The van der Waals surface area contributed by atoms with Crippen LogP contribution in [0.4, 0.5) is 0 Å². The van der Waals surface area contributed by atoms with Crippen LogP contribution >= 0.6 is 11.3 Å². The van der Waals surface area contributed by atoms with Gasteiger partial charge in [-0.05, 0) is 49.4 Å². The van der Waals surface area contributed by atoms with Crippen LogP contribution in [0.3, 0.4) is 0 Å². The highest BCUT2D eigenvalue weighted by molar-refractivity contribution is 7.09. The fourth-order valence-electron chi connectivity index (χ4n) is 3.97. The van der Waals surface area contributed by atoms with E-state index in [1.54, 1.807) is 11.3 Å². The zero-order valence-electron chi connectivity index (χ0n) is 14.6. The highest BCUT2D eigenvalue weighted by atomic mass is 32.1. The van der Waals surface area contributed by atoms with Gasteiger partial charge in [0.05, 0.1) is 5.51 Å². The summed E-state index contributed by atoms with van der Waals surface area (Å²) in [6, 6.07) is 8.52. The molecule has 0 saturated carbocycles. The third-order valence-corrected chi connectivity index (χ3v) is 6.28. The predicted octanol–water partition coefficient (Wildman–Crippen LogP) is 3.33. The van der Waals surface area contributed by atoms with Gasteiger partial charge in [0.25, 0.3) is 0 Å². The first-order chi connectivity index (χ1) is 12.3. The van der Waals surface area contributed by atoms with E-state index >= 15 is 0 Å². The predicted molar refractivity (Wildman–Crippen MR) is 100 cm³/mol. The van der Waals surface area contributed by atoms with E-state index in [1.165, 1.54) is 16.0 Å². The lowest BCUT2D eigenvalue weighted by Crippen LogP contribution is -2.39. The average molecular weight is 356 g/mol. The van der Waals surface area contributed by atoms with Gasteiger partial charge in [-0.1, -0.05) is 24.3 Å². The molecular weight excluding hydrogens is 330 g/mol. The zero-order valence-corrected chi connectivity index (χ0v) is 15.4. The number of thiazole rings is 1. The first-order valence-electron chi connectivity index (χ1n) is 9.22. The smallest absolute Gasteiger partial charge is 0.223 e. The molecule has 0 bridgehead atoms. The highest BCUT2D eigenvalue weighted by Crippen LogP contribution is 2.25. The topological polar surface area (TPSA) is 36.4 Å². The molecule has 4 rings (SSSR count). The molecule has 1 aromatic carbocycles. The van der Waals surface area contributed by atoms with Gasteiger partial charge >= 0.3 is 0 Å². The summed E-state index contributed by atoms with van der Waals surface area (Å²) in [4.78, 5) is 22.8. The molecule has 0 aliphatic carbocycles. The highest BCUT2D eigenvalue weighted by Gasteiger charge is 2.26. The third-order valence-electron chi connectivity index (χ3n) is 5.52. The Morgan fingerprint density at radius 3 is 2.72 bits per heavy atom. The van der Waals surface area contributed by atoms with Gasteiger partial charge in [0, 0.05) is 37.1 Å². The van der Waals surface area contributed by atoms with Crippen molar-refractivity contribution < 1.29 is 4.79 Å². The van der Waals surface area contributed by atoms with Crippen molar-refractivity contribution in [2.75, 3.05) is 19.6 Å². The first-order valence-corrected chi connectivity index (χ1v) is 10.1. The summed E-state index contributed by atoms with van der Waals surface area (Å²) < 4.78 is 0. The van der Waals surface area contributed by atoms with Gasteiger partial charge in [0.2, 0.25) is 5.91 Å². The number of benzene rings is 1. The Kier molecular flexibility index (Phi) is 5.13. The molecule has 5 heteroatoms. The monoisotopic (exact) mass is 355 g/mol. The molecule has 2 aliphatic rings. The van der Waals surface area contributed by atoms with Gasteiger partial charge in [-0.15, -0.1) is 11.3 Å². The quantitative estimate of drug-likeness (QED) is 0.844. The molecule has 2 aromatic rings. The summed E-state index contributed by atoms with van der Waals surface area (Å²) in [5.74, 6) is 0.887. The lowest BCUT2D eigenvalue weighted by atomic mass is 9.92. The summed E-state index contributed by atoms with van der Waals surface area (Å²) >= 11 is 1.73. The Balaban J connectivity index is 1.25. The molecule has 0 spiro atoms. The van der Waals surface area contributed by atoms with Crippen LogP contribution in [-0.4, -0.2) is 40.3 Å². The summed E-state index contributed by atoms with van der Waals surface area (Å²) in [6.45, 7) is 4.87.